The lowest BCUT2D eigenvalue weighted by molar-refractivity contribution is 0.0298. The molecule has 2 aromatic rings. The second-order valence-corrected chi connectivity index (χ2v) is 8.68. The number of morpholine rings is 1. The SMILES string of the molecule is Cc1cccn2c(CN[C@H](C)CCCC(C)(C)O)c(C(=O)N3CCOCC3)nc12. The Morgan fingerprint density at radius 2 is 2.10 bits per heavy atom. The van der Waals surface area contributed by atoms with Crippen molar-refractivity contribution in [3.05, 3.63) is 35.3 Å². The molecule has 0 unspecified atom stereocenters. The Bertz CT molecular complexity index is 834. The zero-order chi connectivity index (χ0) is 21.0. The van der Waals surface area contributed by atoms with Crippen LogP contribution in [0.15, 0.2) is 18.3 Å². The van der Waals surface area contributed by atoms with Gasteiger partial charge in [-0.3, -0.25) is 4.79 Å². The first kappa shape index (κ1) is 21.7. The van der Waals surface area contributed by atoms with Gasteiger partial charge in [0.1, 0.15) is 5.65 Å². The first-order chi connectivity index (χ1) is 13.8. The summed E-state index contributed by atoms with van der Waals surface area (Å²) in [7, 11) is 0. The highest BCUT2D eigenvalue weighted by molar-refractivity contribution is 5.94. The Balaban J connectivity index is 1.76. The molecule has 1 amide bonds. The number of hydrogen-bond acceptors (Lipinski definition) is 5. The zero-order valence-electron chi connectivity index (χ0n) is 18.1. The maximum atomic E-state index is 13.2. The number of carbonyl (C=O) groups is 1. The molecule has 0 aliphatic carbocycles. The van der Waals surface area contributed by atoms with Crippen LogP contribution < -0.4 is 5.32 Å². The van der Waals surface area contributed by atoms with Crippen LogP contribution in [-0.4, -0.2) is 63.2 Å². The molecule has 7 nitrogen and oxygen atoms in total. The summed E-state index contributed by atoms with van der Waals surface area (Å²) in [5, 5.41) is 13.4. The normalized spacial score (nSPS) is 16.4. The van der Waals surface area contributed by atoms with E-state index in [1.54, 1.807) is 0 Å². The Morgan fingerprint density at radius 1 is 1.38 bits per heavy atom. The molecule has 1 fully saturated rings. The molecule has 29 heavy (non-hydrogen) atoms. The van der Waals surface area contributed by atoms with Crippen molar-refractivity contribution in [2.75, 3.05) is 26.3 Å². The molecule has 0 bridgehead atoms. The van der Waals surface area contributed by atoms with Crippen LogP contribution in [0.3, 0.4) is 0 Å². The van der Waals surface area contributed by atoms with Gasteiger partial charge in [-0.05, 0) is 58.6 Å². The third-order valence-electron chi connectivity index (χ3n) is 5.49. The highest BCUT2D eigenvalue weighted by Crippen LogP contribution is 2.19. The van der Waals surface area contributed by atoms with Crippen molar-refractivity contribution in [2.24, 2.45) is 0 Å². The van der Waals surface area contributed by atoms with Gasteiger partial charge in [-0.15, -0.1) is 0 Å². The lowest BCUT2D eigenvalue weighted by atomic mass is 10.00. The molecule has 0 aromatic carbocycles. The lowest BCUT2D eigenvalue weighted by Gasteiger charge is -2.26. The summed E-state index contributed by atoms with van der Waals surface area (Å²) in [6.07, 6.45) is 4.66. The van der Waals surface area contributed by atoms with Gasteiger partial charge in [-0.25, -0.2) is 4.98 Å². The maximum absolute atomic E-state index is 13.2. The summed E-state index contributed by atoms with van der Waals surface area (Å²) in [5.74, 6) is -0.0251. The molecule has 3 heterocycles. The van der Waals surface area contributed by atoms with Gasteiger partial charge < -0.3 is 24.5 Å². The molecule has 1 atom stereocenters. The number of nitrogens with one attached hydrogen (secondary N) is 1. The zero-order valence-corrected chi connectivity index (χ0v) is 18.1. The minimum Gasteiger partial charge on any atom is -0.390 e. The second-order valence-electron chi connectivity index (χ2n) is 8.68. The van der Waals surface area contributed by atoms with E-state index in [1.807, 2.05) is 48.4 Å². The van der Waals surface area contributed by atoms with Crippen LogP contribution in [0.2, 0.25) is 0 Å². The van der Waals surface area contributed by atoms with E-state index >= 15 is 0 Å². The number of imidazole rings is 1. The van der Waals surface area contributed by atoms with Crippen molar-refractivity contribution in [3.63, 3.8) is 0 Å². The highest BCUT2D eigenvalue weighted by atomic mass is 16.5. The van der Waals surface area contributed by atoms with Crippen molar-refractivity contribution in [1.82, 2.24) is 19.6 Å². The molecule has 7 heteroatoms. The monoisotopic (exact) mass is 402 g/mol. The van der Waals surface area contributed by atoms with Crippen molar-refractivity contribution >= 4 is 11.6 Å². The van der Waals surface area contributed by atoms with Crippen LogP contribution in [0, 0.1) is 6.92 Å². The molecule has 1 aliphatic rings. The van der Waals surface area contributed by atoms with E-state index in [4.69, 9.17) is 9.72 Å². The van der Waals surface area contributed by atoms with Crippen LogP contribution in [0.25, 0.3) is 5.65 Å². The van der Waals surface area contributed by atoms with Gasteiger partial charge in [0, 0.05) is 31.9 Å². The number of aryl methyl sites for hydroxylation is 1. The summed E-state index contributed by atoms with van der Waals surface area (Å²) < 4.78 is 7.41. The van der Waals surface area contributed by atoms with Gasteiger partial charge in [0.25, 0.3) is 5.91 Å². The van der Waals surface area contributed by atoms with E-state index in [0.717, 1.165) is 36.2 Å². The van der Waals surface area contributed by atoms with Gasteiger partial charge >= 0.3 is 0 Å². The van der Waals surface area contributed by atoms with E-state index in [2.05, 4.69) is 12.2 Å². The molecule has 1 aliphatic heterocycles. The molecular weight excluding hydrogens is 368 g/mol. The van der Waals surface area contributed by atoms with Crippen LogP contribution in [-0.2, 0) is 11.3 Å². The predicted octanol–water partition coefficient (Wildman–Crippen LogP) is 2.53. The second kappa shape index (κ2) is 9.24. The minimum atomic E-state index is -0.628. The largest absolute Gasteiger partial charge is 0.390 e. The van der Waals surface area contributed by atoms with Crippen LogP contribution in [0.5, 0.6) is 0 Å². The Morgan fingerprint density at radius 3 is 2.79 bits per heavy atom. The first-order valence-electron chi connectivity index (χ1n) is 10.6. The number of ether oxygens (including phenoxy) is 1. The molecule has 2 aromatic heterocycles. The van der Waals surface area contributed by atoms with Crippen molar-refractivity contribution in [1.29, 1.82) is 0 Å². The summed E-state index contributed by atoms with van der Waals surface area (Å²) >= 11 is 0. The fourth-order valence-electron chi connectivity index (χ4n) is 3.72. The molecule has 1 saturated heterocycles. The summed E-state index contributed by atoms with van der Waals surface area (Å²) in [4.78, 5) is 19.7. The standard InChI is InChI=1S/C22H34N4O3/c1-16-7-6-10-26-18(15-23-17(2)8-5-9-22(3,4)28)19(24-20(16)26)21(27)25-11-13-29-14-12-25/h6-7,10,17,23,28H,5,8-9,11-15H2,1-4H3/t17-/m1/s1. The first-order valence-corrected chi connectivity index (χ1v) is 10.6. The number of fused-ring (bicyclic) bond motifs is 1. The maximum Gasteiger partial charge on any atom is 0.274 e. The van der Waals surface area contributed by atoms with E-state index in [9.17, 15) is 9.90 Å². The number of amides is 1. The molecule has 160 valence electrons. The summed E-state index contributed by atoms with van der Waals surface area (Å²) in [6, 6.07) is 4.28. The van der Waals surface area contributed by atoms with Gasteiger partial charge in [-0.2, -0.15) is 0 Å². The number of hydrogen-bond donors (Lipinski definition) is 2. The number of rotatable bonds is 8. The van der Waals surface area contributed by atoms with Gasteiger partial charge in [-0.1, -0.05) is 6.07 Å². The summed E-state index contributed by atoms with van der Waals surface area (Å²) in [6.45, 7) is 10.8. The molecule has 2 N–H and O–H groups in total. The third kappa shape index (κ3) is 5.56. The van der Waals surface area contributed by atoms with E-state index in [1.165, 1.54) is 0 Å². The lowest BCUT2D eigenvalue weighted by Crippen LogP contribution is -2.41. The number of nitrogens with zero attached hydrogens (tertiary/aromatic N) is 3. The average molecular weight is 403 g/mol. The van der Waals surface area contributed by atoms with E-state index < -0.39 is 5.60 Å². The third-order valence-corrected chi connectivity index (χ3v) is 5.49. The Labute approximate surface area is 173 Å². The molecule has 0 spiro atoms. The number of aromatic nitrogens is 2. The van der Waals surface area contributed by atoms with E-state index in [0.29, 0.717) is 38.5 Å². The fraction of sp³-hybridized carbons (Fsp3) is 0.636. The number of pyridine rings is 1. The Kier molecular flexibility index (Phi) is 6.93. The fourth-order valence-corrected chi connectivity index (χ4v) is 3.72. The number of aliphatic hydroxyl groups is 1. The van der Waals surface area contributed by atoms with Crippen LogP contribution in [0.1, 0.15) is 61.8 Å². The quantitative estimate of drug-likeness (QED) is 0.709. The van der Waals surface area contributed by atoms with E-state index in [-0.39, 0.29) is 11.9 Å². The van der Waals surface area contributed by atoms with Gasteiger partial charge in [0.2, 0.25) is 0 Å². The highest BCUT2D eigenvalue weighted by Gasteiger charge is 2.26. The van der Waals surface area contributed by atoms with Crippen molar-refractivity contribution in [3.8, 4) is 0 Å². The van der Waals surface area contributed by atoms with Crippen LogP contribution in [0.4, 0.5) is 0 Å². The average Bonchev–Trinajstić information content (AvgIpc) is 3.05. The molecule has 0 radical (unpaired) electrons. The summed E-state index contributed by atoms with van der Waals surface area (Å²) in [5.41, 5.74) is 2.67. The molecule has 0 saturated carbocycles. The van der Waals surface area contributed by atoms with Crippen LogP contribution >= 0.6 is 0 Å². The molecule has 3 rings (SSSR count). The van der Waals surface area contributed by atoms with Gasteiger partial charge in [0.15, 0.2) is 5.69 Å². The smallest absolute Gasteiger partial charge is 0.274 e. The minimum absolute atomic E-state index is 0.0251. The van der Waals surface area contributed by atoms with Crippen molar-refractivity contribution in [2.45, 2.75) is 65.1 Å². The van der Waals surface area contributed by atoms with Gasteiger partial charge in [0.05, 0.1) is 24.5 Å². The predicted molar refractivity (Wildman–Crippen MR) is 113 cm³/mol. The number of carbonyl (C=O) groups excluding carboxylic acids is 1. The Hall–Kier alpha value is -1.96. The molecular formula is C22H34N4O3. The van der Waals surface area contributed by atoms with Crippen molar-refractivity contribution < 1.29 is 14.6 Å². The topological polar surface area (TPSA) is 79.1 Å².